The van der Waals surface area contributed by atoms with Gasteiger partial charge in [0.15, 0.2) is 0 Å². The van der Waals surface area contributed by atoms with E-state index in [1.807, 2.05) is 19.9 Å². The number of nitrogens with zero attached hydrogens (tertiary/aromatic N) is 1. The van der Waals surface area contributed by atoms with E-state index in [1.54, 1.807) is 48.5 Å². The molecule has 3 amide bonds. The van der Waals surface area contributed by atoms with E-state index >= 15 is 0 Å². The first-order chi connectivity index (χ1) is 16.2. The summed E-state index contributed by atoms with van der Waals surface area (Å²) >= 11 is 18.4. The average molecular weight is 515 g/mol. The van der Waals surface area contributed by atoms with Crippen LogP contribution in [-0.4, -0.2) is 17.7 Å². The average Bonchev–Trinajstić information content (AvgIpc) is 2.99. The molecule has 9 heteroatoms. The standard InChI is InChI=1S/C25H18Cl3N3O3/c1-13-9-14(2)11-17(10-13)31-24(33)21(28)22(25(31)34)29-16-6-3-5-15(12-16)23(32)30-19-8-4-7-18(26)20(19)27/h3-12,29H,1-2H3,(H,30,32). The maximum Gasteiger partial charge on any atom is 0.283 e. The van der Waals surface area contributed by atoms with Crippen LogP contribution in [0.4, 0.5) is 17.1 Å². The molecule has 1 aliphatic rings. The van der Waals surface area contributed by atoms with Gasteiger partial charge in [-0.2, -0.15) is 0 Å². The number of amides is 3. The second kappa shape index (κ2) is 9.50. The lowest BCUT2D eigenvalue weighted by molar-refractivity contribution is -0.120. The van der Waals surface area contributed by atoms with Gasteiger partial charge >= 0.3 is 0 Å². The van der Waals surface area contributed by atoms with Gasteiger partial charge in [-0.05, 0) is 67.4 Å². The van der Waals surface area contributed by atoms with Gasteiger partial charge in [0.1, 0.15) is 10.7 Å². The van der Waals surface area contributed by atoms with Crippen molar-refractivity contribution in [2.45, 2.75) is 13.8 Å². The topological polar surface area (TPSA) is 78.5 Å². The molecule has 0 bridgehead atoms. The molecule has 0 aromatic heterocycles. The minimum Gasteiger partial charge on any atom is -0.350 e. The molecular formula is C25H18Cl3N3O3. The van der Waals surface area contributed by atoms with Gasteiger partial charge in [-0.3, -0.25) is 14.4 Å². The number of halogens is 3. The molecule has 172 valence electrons. The van der Waals surface area contributed by atoms with Gasteiger partial charge in [-0.15, -0.1) is 0 Å². The molecule has 0 radical (unpaired) electrons. The number of carbonyl (C=O) groups is 3. The quantitative estimate of drug-likeness (QED) is 0.392. The summed E-state index contributed by atoms with van der Waals surface area (Å²) < 4.78 is 0. The molecule has 6 nitrogen and oxygen atoms in total. The summed E-state index contributed by atoms with van der Waals surface area (Å²) in [4.78, 5) is 39.6. The third-order valence-corrected chi connectivity index (χ3v) is 6.26. The summed E-state index contributed by atoms with van der Waals surface area (Å²) in [6.07, 6.45) is 0. The number of benzene rings is 3. The minimum absolute atomic E-state index is 0.0683. The van der Waals surface area contributed by atoms with Crippen molar-refractivity contribution in [2.75, 3.05) is 15.5 Å². The maximum atomic E-state index is 13.1. The Morgan fingerprint density at radius 2 is 1.53 bits per heavy atom. The fraction of sp³-hybridized carbons (Fsp3) is 0.0800. The van der Waals surface area contributed by atoms with Crippen LogP contribution in [0, 0.1) is 13.8 Å². The van der Waals surface area contributed by atoms with Gasteiger partial charge in [0.2, 0.25) is 0 Å². The molecule has 2 N–H and O–H groups in total. The zero-order valence-electron chi connectivity index (χ0n) is 18.1. The van der Waals surface area contributed by atoms with Gasteiger partial charge in [-0.1, -0.05) is 53.0 Å². The molecule has 0 fully saturated rings. The summed E-state index contributed by atoms with van der Waals surface area (Å²) in [6, 6.07) is 16.7. The van der Waals surface area contributed by atoms with E-state index in [9.17, 15) is 14.4 Å². The van der Waals surface area contributed by atoms with E-state index in [2.05, 4.69) is 10.6 Å². The van der Waals surface area contributed by atoms with Gasteiger partial charge in [0, 0.05) is 11.3 Å². The molecule has 0 spiro atoms. The van der Waals surface area contributed by atoms with Crippen LogP contribution in [-0.2, 0) is 9.59 Å². The molecule has 34 heavy (non-hydrogen) atoms. The Morgan fingerprint density at radius 1 is 0.853 bits per heavy atom. The largest absolute Gasteiger partial charge is 0.350 e. The van der Waals surface area contributed by atoms with E-state index < -0.39 is 17.7 Å². The predicted octanol–water partition coefficient (Wildman–Crippen LogP) is 6.30. The smallest absolute Gasteiger partial charge is 0.283 e. The Bertz CT molecular complexity index is 1360. The van der Waals surface area contributed by atoms with E-state index in [4.69, 9.17) is 34.8 Å². The summed E-state index contributed by atoms with van der Waals surface area (Å²) in [5.41, 5.74) is 3.25. The molecule has 0 aliphatic carbocycles. The Labute approximate surface area is 211 Å². The number of carbonyl (C=O) groups excluding carboxylic acids is 3. The van der Waals surface area contributed by atoms with E-state index in [0.29, 0.717) is 27.6 Å². The highest BCUT2D eigenvalue weighted by atomic mass is 35.5. The van der Waals surface area contributed by atoms with Crippen LogP contribution in [0.25, 0.3) is 0 Å². The van der Waals surface area contributed by atoms with Crippen LogP contribution in [0.15, 0.2) is 71.4 Å². The van der Waals surface area contributed by atoms with Crippen molar-refractivity contribution in [3.63, 3.8) is 0 Å². The Hall–Kier alpha value is -3.32. The third-order valence-electron chi connectivity index (χ3n) is 5.09. The van der Waals surface area contributed by atoms with Crippen LogP contribution >= 0.6 is 34.8 Å². The Kier molecular flexibility index (Phi) is 6.66. The Morgan fingerprint density at radius 3 is 2.24 bits per heavy atom. The third kappa shape index (κ3) is 4.66. The molecule has 0 saturated heterocycles. The number of hydrogen-bond acceptors (Lipinski definition) is 4. The van der Waals surface area contributed by atoms with Gasteiger partial charge < -0.3 is 10.6 Å². The van der Waals surface area contributed by atoms with Crippen molar-refractivity contribution in [3.8, 4) is 0 Å². The van der Waals surface area contributed by atoms with Crippen molar-refractivity contribution in [2.24, 2.45) is 0 Å². The molecule has 3 aromatic carbocycles. The lowest BCUT2D eigenvalue weighted by atomic mass is 10.1. The van der Waals surface area contributed by atoms with Crippen molar-refractivity contribution >= 4 is 69.6 Å². The molecule has 0 unspecified atom stereocenters. The van der Waals surface area contributed by atoms with Gasteiger partial charge in [-0.25, -0.2) is 4.90 Å². The number of rotatable bonds is 5. The molecule has 0 atom stereocenters. The van der Waals surface area contributed by atoms with Gasteiger partial charge in [0.25, 0.3) is 17.7 Å². The van der Waals surface area contributed by atoms with Crippen molar-refractivity contribution in [1.82, 2.24) is 0 Å². The fourth-order valence-corrected chi connectivity index (χ4v) is 4.16. The molecule has 3 aromatic rings. The maximum absolute atomic E-state index is 13.1. The van der Waals surface area contributed by atoms with E-state index in [-0.39, 0.29) is 15.8 Å². The molecule has 4 rings (SSSR count). The first-order valence-electron chi connectivity index (χ1n) is 10.1. The molecule has 1 aliphatic heterocycles. The predicted molar refractivity (Wildman–Crippen MR) is 136 cm³/mol. The number of hydrogen-bond donors (Lipinski definition) is 2. The normalized spacial score (nSPS) is 13.5. The van der Waals surface area contributed by atoms with Crippen molar-refractivity contribution < 1.29 is 14.4 Å². The highest BCUT2D eigenvalue weighted by molar-refractivity contribution is 6.53. The van der Waals surface area contributed by atoms with Crippen LogP contribution in [0.2, 0.25) is 10.0 Å². The van der Waals surface area contributed by atoms with Crippen LogP contribution in [0.3, 0.4) is 0 Å². The Balaban J connectivity index is 1.56. The second-order valence-corrected chi connectivity index (χ2v) is 8.91. The highest BCUT2D eigenvalue weighted by Crippen LogP contribution is 2.32. The molecule has 1 heterocycles. The first kappa shape index (κ1) is 23.8. The van der Waals surface area contributed by atoms with Crippen molar-refractivity contribution in [3.05, 3.63) is 98.1 Å². The van der Waals surface area contributed by atoms with Crippen molar-refractivity contribution in [1.29, 1.82) is 0 Å². The minimum atomic E-state index is -0.622. The number of aryl methyl sites for hydroxylation is 2. The zero-order valence-corrected chi connectivity index (χ0v) is 20.3. The summed E-state index contributed by atoms with van der Waals surface area (Å²) in [6.45, 7) is 3.76. The fourth-order valence-electron chi connectivity index (χ4n) is 3.60. The summed E-state index contributed by atoms with van der Waals surface area (Å²) in [5.74, 6) is -1.64. The first-order valence-corrected chi connectivity index (χ1v) is 11.3. The number of imide groups is 1. The zero-order chi connectivity index (χ0) is 24.6. The van der Waals surface area contributed by atoms with Crippen LogP contribution in [0.1, 0.15) is 21.5 Å². The number of anilines is 3. The number of nitrogens with one attached hydrogen (secondary N) is 2. The van der Waals surface area contributed by atoms with E-state index in [1.165, 1.54) is 6.07 Å². The monoisotopic (exact) mass is 513 g/mol. The lowest BCUT2D eigenvalue weighted by Crippen LogP contribution is -2.32. The second-order valence-electron chi connectivity index (χ2n) is 7.74. The summed E-state index contributed by atoms with van der Waals surface area (Å²) in [7, 11) is 0. The molecular weight excluding hydrogens is 497 g/mol. The van der Waals surface area contributed by atoms with E-state index in [0.717, 1.165) is 16.0 Å². The summed E-state index contributed by atoms with van der Waals surface area (Å²) in [5, 5.41) is 5.90. The van der Waals surface area contributed by atoms with Crippen LogP contribution < -0.4 is 15.5 Å². The lowest BCUT2D eigenvalue weighted by Gasteiger charge is -2.16. The highest BCUT2D eigenvalue weighted by Gasteiger charge is 2.39. The van der Waals surface area contributed by atoms with Gasteiger partial charge in [0.05, 0.1) is 21.4 Å². The SMILES string of the molecule is Cc1cc(C)cc(N2C(=O)C(Cl)=C(Nc3cccc(C(=O)Nc4cccc(Cl)c4Cl)c3)C2=O)c1. The molecule has 0 saturated carbocycles. The van der Waals surface area contributed by atoms with Crippen LogP contribution in [0.5, 0.6) is 0 Å².